The first kappa shape index (κ1) is 19.1. The molecule has 0 radical (unpaired) electrons. The van der Waals surface area contributed by atoms with E-state index in [4.69, 9.17) is 5.73 Å². The third-order valence-corrected chi connectivity index (χ3v) is 6.20. The van der Waals surface area contributed by atoms with Crippen LogP contribution in [0.3, 0.4) is 0 Å². The lowest BCUT2D eigenvalue weighted by atomic mass is 9.82. The number of fused-ring (bicyclic) bond motifs is 2. The first-order valence-corrected chi connectivity index (χ1v) is 10.3. The molecule has 1 aromatic heterocycles. The highest BCUT2D eigenvalue weighted by molar-refractivity contribution is 6.05. The van der Waals surface area contributed by atoms with E-state index in [2.05, 4.69) is 20.5 Å². The highest BCUT2D eigenvalue weighted by Gasteiger charge is 2.44. The Morgan fingerprint density at radius 2 is 1.77 bits per heavy atom. The number of nitrogens with one attached hydrogen (secondary N) is 2. The summed E-state index contributed by atoms with van der Waals surface area (Å²) in [7, 11) is 0. The molecule has 3 aromatic rings. The molecule has 1 spiro atoms. The van der Waals surface area contributed by atoms with Crippen molar-refractivity contribution in [1.82, 2.24) is 10.3 Å². The van der Waals surface area contributed by atoms with E-state index in [1.807, 2.05) is 42.5 Å². The van der Waals surface area contributed by atoms with Crippen LogP contribution in [0.2, 0.25) is 0 Å². The smallest absolute Gasteiger partial charge is 0.257 e. The van der Waals surface area contributed by atoms with Crippen LogP contribution >= 0.6 is 0 Å². The summed E-state index contributed by atoms with van der Waals surface area (Å²) in [5.74, 6) is 0.583. The van der Waals surface area contributed by atoms with Gasteiger partial charge in [-0.3, -0.25) is 9.59 Å². The van der Waals surface area contributed by atoms with E-state index in [0.717, 1.165) is 42.9 Å². The number of pyridine rings is 1. The van der Waals surface area contributed by atoms with Gasteiger partial charge in [0.25, 0.3) is 11.8 Å². The molecule has 31 heavy (non-hydrogen) atoms. The number of rotatable bonds is 3. The fourth-order valence-electron chi connectivity index (χ4n) is 4.48. The van der Waals surface area contributed by atoms with Gasteiger partial charge in [-0.1, -0.05) is 30.3 Å². The van der Waals surface area contributed by atoms with Crippen LogP contribution < -0.4 is 21.3 Å². The number of hydrogen-bond acceptors (Lipinski definition) is 5. The number of piperidine rings is 1. The normalized spacial score (nSPS) is 16.6. The van der Waals surface area contributed by atoms with E-state index in [9.17, 15) is 9.59 Å². The van der Waals surface area contributed by atoms with Gasteiger partial charge in [0.05, 0.1) is 22.5 Å². The Morgan fingerprint density at radius 1 is 1.03 bits per heavy atom. The second-order valence-electron chi connectivity index (χ2n) is 8.02. The van der Waals surface area contributed by atoms with Crippen LogP contribution in [0.1, 0.15) is 39.1 Å². The van der Waals surface area contributed by atoms with E-state index in [1.165, 1.54) is 0 Å². The monoisotopic (exact) mass is 413 g/mol. The minimum absolute atomic E-state index is 0.0107. The molecule has 2 aliphatic heterocycles. The Hall–Kier alpha value is -3.87. The van der Waals surface area contributed by atoms with Gasteiger partial charge in [-0.2, -0.15) is 0 Å². The van der Waals surface area contributed by atoms with Gasteiger partial charge in [-0.05, 0) is 48.7 Å². The largest absolute Gasteiger partial charge is 0.397 e. The lowest BCUT2D eigenvalue weighted by Crippen LogP contribution is -2.49. The van der Waals surface area contributed by atoms with Crippen LogP contribution in [0, 0.1) is 0 Å². The molecule has 7 nitrogen and oxygen atoms in total. The Balaban J connectivity index is 1.26. The molecular formula is C24H23N5O2. The van der Waals surface area contributed by atoms with Gasteiger partial charge in [0, 0.05) is 24.8 Å². The van der Waals surface area contributed by atoms with Gasteiger partial charge in [-0.25, -0.2) is 4.98 Å². The summed E-state index contributed by atoms with van der Waals surface area (Å²) in [5.41, 5.74) is 9.05. The average Bonchev–Trinajstić information content (AvgIpc) is 3.07. The van der Waals surface area contributed by atoms with E-state index >= 15 is 0 Å². The summed E-state index contributed by atoms with van der Waals surface area (Å²) >= 11 is 0. The zero-order chi connectivity index (χ0) is 21.4. The van der Waals surface area contributed by atoms with Crippen molar-refractivity contribution in [3.8, 4) is 0 Å². The van der Waals surface area contributed by atoms with E-state index in [1.54, 1.807) is 24.4 Å². The number of carbonyl (C=O) groups is 2. The first-order valence-electron chi connectivity index (χ1n) is 10.3. The summed E-state index contributed by atoms with van der Waals surface area (Å²) < 4.78 is 0. The van der Waals surface area contributed by atoms with Crippen LogP contribution in [0.4, 0.5) is 17.2 Å². The molecule has 1 fully saturated rings. The summed E-state index contributed by atoms with van der Waals surface area (Å²) in [6, 6.07) is 18.6. The van der Waals surface area contributed by atoms with Gasteiger partial charge in [0.2, 0.25) is 0 Å². The number of para-hydroxylation sites is 2. The number of aromatic nitrogens is 1. The molecule has 0 aliphatic carbocycles. The van der Waals surface area contributed by atoms with Crippen molar-refractivity contribution in [2.45, 2.75) is 18.4 Å². The number of nitrogens with two attached hydrogens (primary N) is 1. The average molecular weight is 413 g/mol. The predicted molar refractivity (Wildman–Crippen MR) is 120 cm³/mol. The molecule has 4 N–H and O–H groups in total. The number of hydrogen-bond donors (Lipinski definition) is 3. The van der Waals surface area contributed by atoms with Gasteiger partial charge in [-0.15, -0.1) is 0 Å². The van der Waals surface area contributed by atoms with E-state index in [-0.39, 0.29) is 17.4 Å². The summed E-state index contributed by atoms with van der Waals surface area (Å²) in [6.07, 6.45) is 3.21. The summed E-state index contributed by atoms with van der Waals surface area (Å²) in [4.78, 5) is 31.6. The first-order chi connectivity index (χ1) is 15.1. The maximum absolute atomic E-state index is 12.5. The molecule has 0 saturated carbocycles. The van der Waals surface area contributed by atoms with Crippen LogP contribution in [0.15, 0.2) is 66.9 Å². The fraction of sp³-hybridized carbons (Fsp3) is 0.208. The Bertz CT molecular complexity index is 1150. The molecule has 156 valence electrons. The summed E-state index contributed by atoms with van der Waals surface area (Å²) in [6.45, 7) is 1.54. The van der Waals surface area contributed by atoms with E-state index < -0.39 is 0 Å². The van der Waals surface area contributed by atoms with Crippen LogP contribution in [0.5, 0.6) is 0 Å². The zero-order valence-electron chi connectivity index (χ0n) is 17.0. The Labute approximate surface area is 180 Å². The van der Waals surface area contributed by atoms with Crippen LogP contribution in [-0.4, -0.2) is 29.9 Å². The minimum atomic E-state index is -0.292. The standard InChI is InChI=1S/C24H23N5O2/c25-19-7-3-4-8-20(19)27-22(30)16-9-10-21(26-15-16)29-13-11-24(12-14-29)18-6-2-1-5-17(18)23(31)28-24/h1-10,15H,11-14,25H2,(H,27,30)(H,28,31). The zero-order valence-corrected chi connectivity index (χ0v) is 17.0. The number of nitrogen functional groups attached to an aromatic ring is 1. The Kier molecular flexibility index (Phi) is 4.58. The second kappa shape index (κ2) is 7.43. The molecule has 2 aromatic carbocycles. The van der Waals surface area contributed by atoms with Crippen molar-refractivity contribution < 1.29 is 9.59 Å². The minimum Gasteiger partial charge on any atom is -0.397 e. The molecule has 3 heterocycles. The van der Waals surface area contributed by atoms with Gasteiger partial charge in [0.1, 0.15) is 5.82 Å². The molecule has 5 rings (SSSR count). The molecule has 0 bridgehead atoms. The van der Waals surface area contributed by atoms with Crippen molar-refractivity contribution >= 4 is 29.0 Å². The van der Waals surface area contributed by atoms with Gasteiger partial charge in [0.15, 0.2) is 0 Å². The van der Waals surface area contributed by atoms with Crippen molar-refractivity contribution in [2.75, 3.05) is 29.0 Å². The van der Waals surface area contributed by atoms with Crippen molar-refractivity contribution in [3.05, 3.63) is 83.6 Å². The van der Waals surface area contributed by atoms with Crippen molar-refractivity contribution in [3.63, 3.8) is 0 Å². The highest BCUT2D eigenvalue weighted by Crippen LogP contribution is 2.40. The fourth-order valence-corrected chi connectivity index (χ4v) is 4.48. The molecule has 7 heteroatoms. The molecular weight excluding hydrogens is 390 g/mol. The van der Waals surface area contributed by atoms with Gasteiger partial charge >= 0.3 is 0 Å². The lowest BCUT2D eigenvalue weighted by Gasteiger charge is -2.40. The molecule has 0 atom stereocenters. The number of amides is 2. The molecule has 2 aliphatic rings. The Morgan fingerprint density at radius 3 is 2.52 bits per heavy atom. The third-order valence-electron chi connectivity index (χ3n) is 6.20. The van der Waals surface area contributed by atoms with Crippen molar-refractivity contribution in [2.24, 2.45) is 0 Å². The van der Waals surface area contributed by atoms with Crippen LogP contribution in [-0.2, 0) is 5.54 Å². The number of carbonyl (C=O) groups excluding carboxylic acids is 2. The molecule has 1 saturated heterocycles. The summed E-state index contributed by atoms with van der Waals surface area (Å²) in [5, 5.41) is 6.02. The molecule has 2 amide bonds. The maximum Gasteiger partial charge on any atom is 0.257 e. The van der Waals surface area contributed by atoms with E-state index in [0.29, 0.717) is 16.9 Å². The SMILES string of the molecule is Nc1ccccc1NC(=O)c1ccc(N2CCC3(CC2)NC(=O)c2ccccc23)nc1. The highest BCUT2D eigenvalue weighted by atomic mass is 16.2. The molecule has 0 unspecified atom stereocenters. The number of benzene rings is 2. The van der Waals surface area contributed by atoms with Crippen LogP contribution in [0.25, 0.3) is 0 Å². The maximum atomic E-state index is 12.5. The third kappa shape index (κ3) is 3.38. The topological polar surface area (TPSA) is 100 Å². The second-order valence-corrected chi connectivity index (χ2v) is 8.02. The van der Waals surface area contributed by atoms with Crippen molar-refractivity contribution in [1.29, 1.82) is 0 Å². The number of anilines is 3. The quantitative estimate of drug-likeness (QED) is 0.573. The van der Waals surface area contributed by atoms with Gasteiger partial charge < -0.3 is 21.3 Å². The number of nitrogens with zero attached hydrogens (tertiary/aromatic N) is 2. The lowest BCUT2D eigenvalue weighted by molar-refractivity contribution is 0.0916. The predicted octanol–water partition coefficient (Wildman–Crippen LogP) is 3.16.